The van der Waals surface area contributed by atoms with Crippen LogP contribution in [0.1, 0.15) is 25.3 Å². The highest BCUT2D eigenvalue weighted by molar-refractivity contribution is 5.82. The lowest BCUT2D eigenvalue weighted by Crippen LogP contribution is -2.50. The molecule has 2 aliphatic rings. The van der Waals surface area contributed by atoms with Crippen molar-refractivity contribution >= 4 is 22.8 Å². The molecule has 2 fully saturated rings. The maximum Gasteiger partial charge on any atom is 0.298 e. The lowest BCUT2D eigenvalue weighted by atomic mass is 10.2. The van der Waals surface area contributed by atoms with Gasteiger partial charge in [0.2, 0.25) is 0 Å². The fourth-order valence-corrected chi connectivity index (χ4v) is 3.58. The van der Waals surface area contributed by atoms with E-state index in [2.05, 4.69) is 41.1 Å². The minimum atomic E-state index is 0.417. The minimum Gasteiger partial charge on any atom is -0.423 e. The Morgan fingerprint density at radius 2 is 2.05 bits per heavy atom. The summed E-state index contributed by atoms with van der Waals surface area (Å²) < 4.78 is 6.09. The Kier molecular flexibility index (Phi) is 3.45. The van der Waals surface area contributed by atoms with E-state index in [9.17, 15) is 0 Å². The average Bonchev–Trinajstić information content (AvgIpc) is 3.17. The topological polar surface area (TPSA) is 44.5 Å². The summed E-state index contributed by atoms with van der Waals surface area (Å²) in [5.41, 5.74) is 4.39. The summed E-state index contributed by atoms with van der Waals surface area (Å²) in [5.74, 6) is 0. The van der Waals surface area contributed by atoms with E-state index in [1.807, 2.05) is 0 Å². The van der Waals surface area contributed by atoms with Crippen molar-refractivity contribution in [3.8, 4) is 0 Å². The van der Waals surface area contributed by atoms with Crippen LogP contribution < -0.4 is 15.1 Å². The van der Waals surface area contributed by atoms with Gasteiger partial charge in [-0.1, -0.05) is 0 Å². The van der Waals surface area contributed by atoms with Gasteiger partial charge >= 0.3 is 0 Å². The summed E-state index contributed by atoms with van der Waals surface area (Å²) in [4.78, 5) is 9.51. The third kappa shape index (κ3) is 2.33. The van der Waals surface area contributed by atoms with Crippen molar-refractivity contribution in [3.05, 3.63) is 17.7 Å². The number of oxazole rings is 1. The van der Waals surface area contributed by atoms with Gasteiger partial charge < -0.3 is 19.5 Å². The van der Waals surface area contributed by atoms with Gasteiger partial charge in [0.05, 0.1) is 0 Å². The number of nitrogens with zero attached hydrogens (tertiary/aromatic N) is 3. The number of rotatable bonds is 2. The van der Waals surface area contributed by atoms with Gasteiger partial charge in [0.15, 0.2) is 5.58 Å². The molecule has 4 rings (SSSR count). The Morgan fingerprint density at radius 1 is 1.23 bits per heavy atom. The maximum absolute atomic E-state index is 6.09. The molecule has 5 nitrogen and oxygen atoms in total. The second-order valence-corrected chi connectivity index (χ2v) is 6.55. The number of benzene rings is 1. The summed E-state index contributed by atoms with van der Waals surface area (Å²) in [6.45, 7) is 9.57. The van der Waals surface area contributed by atoms with E-state index in [4.69, 9.17) is 9.40 Å². The predicted molar refractivity (Wildman–Crippen MR) is 89.9 cm³/mol. The van der Waals surface area contributed by atoms with E-state index in [1.54, 1.807) is 0 Å². The average molecular weight is 300 g/mol. The highest BCUT2D eigenvalue weighted by Gasteiger charge is 2.24. The smallest absolute Gasteiger partial charge is 0.298 e. The first-order chi connectivity index (χ1) is 10.7. The van der Waals surface area contributed by atoms with Gasteiger partial charge in [-0.3, -0.25) is 0 Å². The number of aryl methyl sites for hydroxylation is 1. The van der Waals surface area contributed by atoms with E-state index in [1.165, 1.54) is 24.1 Å². The molecule has 5 heteroatoms. The van der Waals surface area contributed by atoms with Crippen LogP contribution in [-0.4, -0.2) is 43.7 Å². The first kappa shape index (κ1) is 13.9. The number of nitrogens with one attached hydrogen (secondary N) is 1. The molecule has 2 aliphatic heterocycles. The van der Waals surface area contributed by atoms with Crippen LogP contribution in [0.4, 0.5) is 11.7 Å². The van der Waals surface area contributed by atoms with Gasteiger partial charge in [0.1, 0.15) is 5.52 Å². The third-order valence-corrected chi connectivity index (χ3v) is 4.87. The summed E-state index contributed by atoms with van der Waals surface area (Å²) >= 11 is 0. The molecule has 3 heterocycles. The van der Waals surface area contributed by atoms with Crippen LogP contribution in [0.25, 0.3) is 11.1 Å². The first-order valence-electron chi connectivity index (χ1n) is 8.36. The quantitative estimate of drug-likeness (QED) is 0.923. The molecular weight excluding hydrogens is 276 g/mol. The minimum absolute atomic E-state index is 0.417. The monoisotopic (exact) mass is 300 g/mol. The van der Waals surface area contributed by atoms with Crippen LogP contribution >= 0.6 is 0 Å². The van der Waals surface area contributed by atoms with Crippen LogP contribution in [0.3, 0.4) is 0 Å². The largest absolute Gasteiger partial charge is 0.423 e. The van der Waals surface area contributed by atoms with Gasteiger partial charge in [0.25, 0.3) is 6.01 Å². The molecule has 22 heavy (non-hydrogen) atoms. The summed E-state index contributed by atoms with van der Waals surface area (Å²) in [6.07, 6.45) is 2.58. The molecule has 1 aromatic heterocycles. The SMILES string of the molecule is Cc1cc(N2CCCC2)cc2nc(N3CCNC[C@@H]3C)oc12. The number of hydrogen-bond acceptors (Lipinski definition) is 5. The molecule has 2 saturated heterocycles. The molecular formula is C17H24N4O. The van der Waals surface area contributed by atoms with Gasteiger partial charge in [-0.25, -0.2) is 0 Å². The standard InChI is InChI=1S/C17H24N4O/c1-12-9-14(20-6-3-4-7-20)10-15-16(12)22-17(19-15)21-8-5-18-11-13(21)2/h9-10,13,18H,3-8,11H2,1-2H3/t13-/m0/s1. The number of hydrogen-bond donors (Lipinski definition) is 1. The number of aromatic nitrogens is 1. The summed E-state index contributed by atoms with van der Waals surface area (Å²) in [7, 11) is 0. The molecule has 118 valence electrons. The van der Waals surface area contributed by atoms with Crippen molar-refractivity contribution in [3.63, 3.8) is 0 Å². The molecule has 0 amide bonds. The van der Waals surface area contributed by atoms with E-state index < -0.39 is 0 Å². The van der Waals surface area contributed by atoms with Crippen LogP contribution in [0.5, 0.6) is 0 Å². The number of anilines is 2. The molecule has 0 saturated carbocycles. The molecule has 0 spiro atoms. The zero-order chi connectivity index (χ0) is 15.1. The summed E-state index contributed by atoms with van der Waals surface area (Å²) in [6, 6.07) is 5.61. The molecule has 0 radical (unpaired) electrons. The summed E-state index contributed by atoms with van der Waals surface area (Å²) in [5, 5.41) is 3.41. The second kappa shape index (κ2) is 5.47. The third-order valence-electron chi connectivity index (χ3n) is 4.87. The van der Waals surface area contributed by atoms with Gasteiger partial charge in [-0.15, -0.1) is 0 Å². The highest BCUT2D eigenvalue weighted by Crippen LogP contribution is 2.31. The number of fused-ring (bicyclic) bond motifs is 1. The predicted octanol–water partition coefficient (Wildman–Crippen LogP) is 2.53. The van der Waals surface area contributed by atoms with E-state index in [0.717, 1.165) is 49.8 Å². The fraction of sp³-hybridized carbons (Fsp3) is 0.588. The Hall–Kier alpha value is -1.75. The fourth-order valence-electron chi connectivity index (χ4n) is 3.58. The van der Waals surface area contributed by atoms with Crippen molar-refractivity contribution in [2.75, 3.05) is 42.5 Å². The second-order valence-electron chi connectivity index (χ2n) is 6.55. The molecule has 2 aromatic rings. The Balaban J connectivity index is 1.71. The highest BCUT2D eigenvalue weighted by atomic mass is 16.4. The number of piperazine rings is 1. The van der Waals surface area contributed by atoms with E-state index >= 15 is 0 Å². The maximum atomic E-state index is 6.09. The van der Waals surface area contributed by atoms with Crippen LogP contribution in [0.15, 0.2) is 16.5 Å². The van der Waals surface area contributed by atoms with Crippen LogP contribution in [0.2, 0.25) is 0 Å². The van der Waals surface area contributed by atoms with Crippen LogP contribution in [-0.2, 0) is 0 Å². The molecule has 0 bridgehead atoms. The Morgan fingerprint density at radius 3 is 2.82 bits per heavy atom. The molecule has 1 aromatic carbocycles. The Labute approximate surface area is 131 Å². The van der Waals surface area contributed by atoms with Crippen molar-refractivity contribution in [1.82, 2.24) is 10.3 Å². The van der Waals surface area contributed by atoms with Gasteiger partial charge in [0, 0.05) is 44.5 Å². The zero-order valence-electron chi connectivity index (χ0n) is 13.4. The van der Waals surface area contributed by atoms with Gasteiger partial charge in [-0.05, 0) is 44.4 Å². The normalized spacial score (nSPS) is 22.7. The van der Waals surface area contributed by atoms with E-state index in [0.29, 0.717) is 6.04 Å². The van der Waals surface area contributed by atoms with Crippen molar-refractivity contribution in [1.29, 1.82) is 0 Å². The molecule has 1 atom stereocenters. The molecule has 1 N–H and O–H groups in total. The van der Waals surface area contributed by atoms with E-state index in [-0.39, 0.29) is 0 Å². The zero-order valence-corrected chi connectivity index (χ0v) is 13.4. The molecule has 0 unspecified atom stereocenters. The molecule has 0 aliphatic carbocycles. The van der Waals surface area contributed by atoms with Crippen molar-refractivity contribution < 1.29 is 4.42 Å². The van der Waals surface area contributed by atoms with Gasteiger partial charge in [-0.2, -0.15) is 4.98 Å². The lowest BCUT2D eigenvalue weighted by molar-refractivity contribution is 0.456. The van der Waals surface area contributed by atoms with Crippen molar-refractivity contribution in [2.24, 2.45) is 0 Å². The lowest BCUT2D eigenvalue weighted by Gasteiger charge is -2.32. The first-order valence-corrected chi connectivity index (χ1v) is 8.36. The Bertz CT molecular complexity index is 675. The van der Waals surface area contributed by atoms with Crippen LogP contribution in [0, 0.1) is 6.92 Å². The van der Waals surface area contributed by atoms with Crippen molar-refractivity contribution in [2.45, 2.75) is 32.7 Å².